The predicted molar refractivity (Wildman–Crippen MR) is 118 cm³/mol. The number of ether oxygens (including phenoxy) is 1. The first kappa shape index (κ1) is 21.2. The molecule has 1 amide bonds. The van der Waals surface area contributed by atoms with Crippen molar-refractivity contribution >= 4 is 23.5 Å². The lowest BCUT2D eigenvalue weighted by Gasteiger charge is -2.18. The van der Waals surface area contributed by atoms with Gasteiger partial charge in [0, 0.05) is 36.1 Å². The Morgan fingerprint density at radius 2 is 2.26 bits per heavy atom. The first-order valence-corrected chi connectivity index (χ1v) is 10.4. The lowest BCUT2D eigenvalue weighted by Crippen LogP contribution is -2.22. The summed E-state index contributed by atoms with van der Waals surface area (Å²) in [5, 5.41) is 3.89. The number of carbonyl (C=O) groups is 1. The maximum atomic E-state index is 11.9. The quantitative estimate of drug-likeness (QED) is 0.510. The molecule has 0 radical (unpaired) electrons. The summed E-state index contributed by atoms with van der Waals surface area (Å²) in [6.07, 6.45) is 4.20. The van der Waals surface area contributed by atoms with Crippen LogP contribution in [0.1, 0.15) is 39.8 Å². The van der Waals surface area contributed by atoms with Gasteiger partial charge in [0.05, 0.1) is 18.6 Å². The maximum absolute atomic E-state index is 11.9. The van der Waals surface area contributed by atoms with Crippen LogP contribution in [0.4, 0.5) is 5.95 Å². The maximum Gasteiger partial charge on any atom is 0.268 e. The number of nitrogens with one attached hydrogen (secondary N) is 1. The van der Waals surface area contributed by atoms with Crippen molar-refractivity contribution in [2.45, 2.75) is 25.3 Å². The standard InChI is InChI=1S/C21H24ClN7O2/c1-12-9-25-21(26-15-5-6-31-11-15)28-19(12)29-10-17(18(24)30)27-20(29)16(8-23)13-3-2-4-14(22)7-13/h2-4,7,9-10,15-16H,5-6,8,11,23H2,1H3,(H2,24,30)(H,25,26,28)/t15-,16-/m1/s1. The van der Waals surface area contributed by atoms with E-state index < -0.39 is 5.91 Å². The van der Waals surface area contributed by atoms with E-state index in [2.05, 4.69) is 15.3 Å². The van der Waals surface area contributed by atoms with Gasteiger partial charge in [-0.05, 0) is 31.0 Å². The number of carbonyl (C=O) groups excluding carboxylic acids is 1. The smallest absolute Gasteiger partial charge is 0.268 e. The largest absolute Gasteiger partial charge is 0.379 e. The second-order valence-electron chi connectivity index (χ2n) is 7.47. The van der Waals surface area contributed by atoms with Crippen LogP contribution in [0.2, 0.25) is 5.02 Å². The first-order chi connectivity index (χ1) is 15.0. The van der Waals surface area contributed by atoms with Crippen LogP contribution in [0.3, 0.4) is 0 Å². The SMILES string of the molecule is Cc1cnc(N[C@@H]2CCOC2)nc1-n1cc(C(N)=O)nc1[C@H](CN)c1cccc(Cl)c1. The number of benzene rings is 1. The second-order valence-corrected chi connectivity index (χ2v) is 7.90. The summed E-state index contributed by atoms with van der Waals surface area (Å²) >= 11 is 6.19. The molecule has 1 aromatic carbocycles. The molecule has 0 spiro atoms. The van der Waals surface area contributed by atoms with Gasteiger partial charge in [0.2, 0.25) is 5.95 Å². The van der Waals surface area contributed by atoms with Crippen LogP contribution in [-0.4, -0.2) is 51.2 Å². The molecular formula is C21H24ClN7O2. The highest BCUT2D eigenvalue weighted by atomic mass is 35.5. The fraction of sp³-hybridized carbons (Fsp3) is 0.333. The molecule has 31 heavy (non-hydrogen) atoms. The summed E-state index contributed by atoms with van der Waals surface area (Å²) in [6.45, 7) is 3.47. The van der Waals surface area contributed by atoms with E-state index in [9.17, 15) is 4.79 Å². The molecule has 0 saturated carbocycles. The van der Waals surface area contributed by atoms with E-state index in [1.165, 1.54) is 0 Å². The molecular weight excluding hydrogens is 418 g/mol. The van der Waals surface area contributed by atoms with Gasteiger partial charge >= 0.3 is 0 Å². The molecule has 0 bridgehead atoms. The van der Waals surface area contributed by atoms with E-state index in [0.717, 1.165) is 17.5 Å². The number of primary amides is 1. The van der Waals surface area contributed by atoms with Crippen LogP contribution < -0.4 is 16.8 Å². The number of hydrogen-bond donors (Lipinski definition) is 3. The summed E-state index contributed by atoms with van der Waals surface area (Å²) in [7, 11) is 0. The van der Waals surface area contributed by atoms with E-state index in [4.69, 9.17) is 32.8 Å². The number of aryl methyl sites for hydroxylation is 1. The molecule has 1 aliphatic rings. The van der Waals surface area contributed by atoms with Gasteiger partial charge in [0.25, 0.3) is 5.91 Å². The molecule has 1 saturated heterocycles. The van der Waals surface area contributed by atoms with Gasteiger partial charge in [-0.15, -0.1) is 0 Å². The van der Waals surface area contributed by atoms with Gasteiger partial charge in [0.15, 0.2) is 0 Å². The number of halogens is 1. The molecule has 4 rings (SSSR count). The van der Waals surface area contributed by atoms with Gasteiger partial charge in [0.1, 0.15) is 17.3 Å². The average molecular weight is 442 g/mol. The lowest BCUT2D eigenvalue weighted by molar-refractivity contribution is 0.0996. The zero-order valence-electron chi connectivity index (χ0n) is 17.1. The third-order valence-corrected chi connectivity index (χ3v) is 5.46. The van der Waals surface area contributed by atoms with Crippen molar-refractivity contribution in [3.8, 4) is 5.82 Å². The Labute approximate surface area is 184 Å². The van der Waals surface area contributed by atoms with Gasteiger partial charge < -0.3 is 21.5 Å². The summed E-state index contributed by atoms with van der Waals surface area (Å²) in [5.41, 5.74) is 13.5. The summed E-state index contributed by atoms with van der Waals surface area (Å²) in [5.74, 6) is 0.668. The van der Waals surface area contributed by atoms with Crippen LogP contribution in [0.5, 0.6) is 0 Å². The molecule has 9 nitrogen and oxygen atoms in total. The Hall–Kier alpha value is -3.01. The Bertz CT molecular complexity index is 1100. The highest BCUT2D eigenvalue weighted by Gasteiger charge is 2.24. The number of amides is 1. The van der Waals surface area contributed by atoms with Crippen molar-refractivity contribution in [1.29, 1.82) is 0 Å². The fourth-order valence-electron chi connectivity index (χ4n) is 3.62. The third kappa shape index (κ3) is 4.53. The Balaban J connectivity index is 1.80. The van der Waals surface area contributed by atoms with Crippen LogP contribution in [0, 0.1) is 6.92 Å². The Morgan fingerprint density at radius 1 is 1.42 bits per heavy atom. The molecule has 1 fully saturated rings. The number of nitrogens with two attached hydrogens (primary N) is 2. The zero-order valence-corrected chi connectivity index (χ0v) is 17.8. The van der Waals surface area contributed by atoms with Crippen LogP contribution >= 0.6 is 11.6 Å². The van der Waals surface area contributed by atoms with Crippen molar-refractivity contribution in [2.75, 3.05) is 25.1 Å². The molecule has 2 atom stereocenters. The van der Waals surface area contributed by atoms with E-state index in [0.29, 0.717) is 35.8 Å². The molecule has 0 unspecified atom stereocenters. The van der Waals surface area contributed by atoms with Crippen LogP contribution in [-0.2, 0) is 4.74 Å². The minimum atomic E-state index is -0.630. The van der Waals surface area contributed by atoms with Gasteiger partial charge in [-0.3, -0.25) is 9.36 Å². The van der Waals surface area contributed by atoms with Gasteiger partial charge in [-0.2, -0.15) is 4.98 Å². The molecule has 10 heteroatoms. The Morgan fingerprint density at radius 3 is 2.94 bits per heavy atom. The summed E-state index contributed by atoms with van der Waals surface area (Å²) < 4.78 is 7.17. The van der Waals surface area contributed by atoms with E-state index in [-0.39, 0.29) is 24.2 Å². The van der Waals surface area contributed by atoms with E-state index in [1.54, 1.807) is 23.0 Å². The van der Waals surface area contributed by atoms with Crippen LogP contribution in [0.15, 0.2) is 36.7 Å². The first-order valence-electron chi connectivity index (χ1n) is 9.99. The van der Waals surface area contributed by atoms with Gasteiger partial charge in [-0.1, -0.05) is 23.7 Å². The van der Waals surface area contributed by atoms with Crippen molar-refractivity contribution in [2.24, 2.45) is 11.5 Å². The molecule has 162 valence electrons. The summed E-state index contributed by atoms with van der Waals surface area (Å²) in [6, 6.07) is 7.56. The number of nitrogens with zero attached hydrogens (tertiary/aromatic N) is 4. The van der Waals surface area contributed by atoms with E-state index in [1.807, 2.05) is 25.1 Å². The fourth-order valence-corrected chi connectivity index (χ4v) is 3.82. The van der Waals surface area contributed by atoms with E-state index >= 15 is 0 Å². The lowest BCUT2D eigenvalue weighted by atomic mass is 9.98. The summed E-state index contributed by atoms with van der Waals surface area (Å²) in [4.78, 5) is 25.5. The second kappa shape index (κ2) is 9.01. The third-order valence-electron chi connectivity index (χ3n) is 5.22. The number of anilines is 1. The van der Waals surface area contributed by atoms with Crippen molar-refractivity contribution in [1.82, 2.24) is 19.5 Å². The number of imidazole rings is 1. The number of hydrogen-bond acceptors (Lipinski definition) is 7. The topological polar surface area (TPSA) is 134 Å². The molecule has 3 heterocycles. The highest BCUT2D eigenvalue weighted by molar-refractivity contribution is 6.30. The zero-order chi connectivity index (χ0) is 22.0. The van der Waals surface area contributed by atoms with Crippen LogP contribution in [0.25, 0.3) is 5.82 Å². The van der Waals surface area contributed by atoms with Gasteiger partial charge in [-0.25, -0.2) is 9.97 Å². The average Bonchev–Trinajstić information content (AvgIpc) is 3.41. The van der Waals surface area contributed by atoms with Crippen molar-refractivity contribution in [3.63, 3.8) is 0 Å². The molecule has 3 aromatic rings. The minimum absolute atomic E-state index is 0.132. The Kier molecular flexibility index (Phi) is 6.17. The molecule has 5 N–H and O–H groups in total. The monoisotopic (exact) mass is 441 g/mol. The normalized spacial score (nSPS) is 16.9. The molecule has 1 aliphatic heterocycles. The highest BCUT2D eigenvalue weighted by Crippen LogP contribution is 2.28. The van der Waals surface area contributed by atoms with Crippen molar-refractivity contribution < 1.29 is 9.53 Å². The predicted octanol–water partition coefficient (Wildman–Crippen LogP) is 2.01. The molecule has 2 aromatic heterocycles. The number of aromatic nitrogens is 4. The number of rotatable bonds is 7. The molecule has 0 aliphatic carbocycles. The minimum Gasteiger partial charge on any atom is -0.379 e. The van der Waals surface area contributed by atoms with Crippen molar-refractivity contribution in [3.05, 3.63) is 64.3 Å².